The number of nitrogens with two attached hydrogens (primary N) is 1. The van der Waals surface area contributed by atoms with Crippen molar-refractivity contribution >= 4 is 5.69 Å². The normalized spacial score (nSPS) is 39.5. The van der Waals surface area contributed by atoms with Crippen LogP contribution in [0.4, 0.5) is 5.69 Å². The molecule has 4 aliphatic rings. The highest BCUT2D eigenvalue weighted by Gasteiger charge is 2.48. The van der Waals surface area contributed by atoms with E-state index in [0.717, 1.165) is 29.4 Å². The Hall–Kier alpha value is -1.09. The van der Waals surface area contributed by atoms with Crippen LogP contribution in [0.25, 0.3) is 0 Å². The Labute approximate surface area is 115 Å². The number of hydrogen-bond donors (Lipinski definition) is 2. The van der Waals surface area contributed by atoms with Crippen LogP contribution >= 0.6 is 0 Å². The molecule has 1 heterocycles. The number of anilines is 1. The highest BCUT2D eigenvalue weighted by molar-refractivity contribution is 5.45. The Bertz CT molecular complexity index is 443. The minimum Gasteiger partial charge on any atom is -0.382 e. The lowest BCUT2D eigenvalue weighted by Crippen LogP contribution is -2.51. The average Bonchev–Trinajstić information content (AvgIpc) is 2.42. The van der Waals surface area contributed by atoms with Crippen LogP contribution in [-0.4, -0.2) is 11.0 Å². The monoisotopic (exact) mass is 257 g/mol. The van der Waals surface area contributed by atoms with Crippen molar-refractivity contribution in [3.63, 3.8) is 0 Å². The Morgan fingerprint density at radius 2 is 1.79 bits per heavy atom. The third-order valence-electron chi connectivity index (χ3n) is 5.59. The summed E-state index contributed by atoms with van der Waals surface area (Å²) < 4.78 is 0. The highest BCUT2D eigenvalue weighted by Crippen LogP contribution is 2.54. The summed E-state index contributed by atoms with van der Waals surface area (Å²) in [6, 6.07) is 4.90. The number of hydrogen-bond acceptors (Lipinski definition) is 3. The van der Waals surface area contributed by atoms with Crippen LogP contribution in [0.5, 0.6) is 0 Å². The molecule has 4 fully saturated rings. The van der Waals surface area contributed by atoms with Crippen molar-refractivity contribution in [2.45, 2.75) is 44.7 Å². The van der Waals surface area contributed by atoms with Gasteiger partial charge in [-0.05, 0) is 67.9 Å². The zero-order valence-corrected chi connectivity index (χ0v) is 11.4. The van der Waals surface area contributed by atoms with Crippen LogP contribution < -0.4 is 11.1 Å². The van der Waals surface area contributed by atoms with E-state index >= 15 is 0 Å². The number of nitrogens with zero attached hydrogens (tertiary/aromatic N) is 1. The van der Waals surface area contributed by atoms with Crippen molar-refractivity contribution in [1.82, 2.24) is 4.98 Å². The molecule has 4 aliphatic carbocycles. The lowest BCUT2D eigenvalue weighted by Gasteiger charge is -2.54. The Morgan fingerprint density at radius 1 is 1.11 bits per heavy atom. The first-order chi connectivity index (χ1) is 9.31. The fraction of sp³-hybridized carbons (Fsp3) is 0.688. The maximum absolute atomic E-state index is 5.68. The predicted molar refractivity (Wildman–Crippen MR) is 76.6 cm³/mol. The van der Waals surface area contributed by atoms with Crippen molar-refractivity contribution in [1.29, 1.82) is 0 Å². The summed E-state index contributed by atoms with van der Waals surface area (Å²) in [4.78, 5) is 4.28. The van der Waals surface area contributed by atoms with Crippen LogP contribution in [0.3, 0.4) is 0 Å². The predicted octanol–water partition coefficient (Wildman–Crippen LogP) is 2.78. The van der Waals surface area contributed by atoms with E-state index in [4.69, 9.17) is 5.73 Å². The highest BCUT2D eigenvalue weighted by atomic mass is 15.0. The molecule has 0 atom stereocenters. The molecule has 5 rings (SSSR count). The van der Waals surface area contributed by atoms with Crippen molar-refractivity contribution in [2.75, 3.05) is 5.32 Å². The molecule has 4 saturated carbocycles. The van der Waals surface area contributed by atoms with Gasteiger partial charge in [-0.2, -0.15) is 0 Å². The fourth-order valence-electron chi connectivity index (χ4n) is 5.03. The third-order valence-corrected chi connectivity index (χ3v) is 5.59. The minimum atomic E-state index is 0.525. The zero-order chi connectivity index (χ0) is 12.8. The van der Waals surface area contributed by atoms with Crippen LogP contribution in [0.2, 0.25) is 0 Å². The summed E-state index contributed by atoms with van der Waals surface area (Å²) >= 11 is 0. The maximum Gasteiger partial charge on any atom is 0.0559 e. The van der Waals surface area contributed by atoms with E-state index in [9.17, 15) is 0 Å². The lowest BCUT2D eigenvalue weighted by molar-refractivity contribution is 0.00753. The minimum absolute atomic E-state index is 0.525. The largest absolute Gasteiger partial charge is 0.382 e. The first kappa shape index (κ1) is 11.7. The van der Waals surface area contributed by atoms with Crippen LogP contribution in [0.15, 0.2) is 18.3 Å². The van der Waals surface area contributed by atoms with Crippen molar-refractivity contribution in [3.05, 3.63) is 24.0 Å². The van der Waals surface area contributed by atoms with Gasteiger partial charge >= 0.3 is 0 Å². The molecule has 3 N–H and O–H groups in total. The SMILES string of the molecule is NCc1cc(NC2C3CC4CC(C3)CC2C4)ccn1. The molecule has 0 unspecified atom stereocenters. The van der Waals surface area contributed by atoms with E-state index in [1.807, 2.05) is 6.20 Å². The van der Waals surface area contributed by atoms with E-state index in [0.29, 0.717) is 12.6 Å². The molecule has 0 radical (unpaired) electrons. The fourth-order valence-corrected chi connectivity index (χ4v) is 5.03. The summed E-state index contributed by atoms with van der Waals surface area (Å²) in [7, 11) is 0. The van der Waals surface area contributed by atoms with Gasteiger partial charge in [0.05, 0.1) is 5.69 Å². The second-order valence-electron chi connectivity index (χ2n) is 6.84. The van der Waals surface area contributed by atoms with E-state index < -0.39 is 0 Å². The van der Waals surface area contributed by atoms with E-state index in [1.54, 1.807) is 0 Å². The molecule has 0 spiro atoms. The molecule has 102 valence electrons. The van der Waals surface area contributed by atoms with Crippen LogP contribution in [0, 0.1) is 23.7 Å². The summed E-state index contributed by atoms with van der Waals surface area (Å²) in [6.07, 6.45) is 9.23. The second-order valence-corrected chi connectivity index (χ2v) is 6.84. The van der Waals surface area contributed by atoms with Crippen molar-refractivity contribution < 1.29 is 0 Å². The molecular weight excluding hydrogens is 234 g/mol. The van der Waals surface area contributed by atoms with Gasteiger partial charge in [0.2, 0.25) is 0 Å². The molecule has 4 bridgehead atoms. The van der Waals surface area contributed by atoms with Gasteiger partial charge in [0, 0.05) is 24.5 Å². The van der Waals surface area contributed by atoms with Crippen molar-refractivity contribution in [2.24, 2.45) is 29.4 Å². The molecule has 3 nitrogen and oxygen atoms in total. The number of nitrogens with one attached hydrogen (secondary N) is 1. The van der Waals surface area contributed by atoms with E-state index in [2.05, 4.69) is 22.4 Å². The Morgan fingerprint density at radius 3 is 2.42 bits per heavy atom. The quantitative estimate of drug-likeness (QED) is 0.875. The molecule has 1 aromatic rings. The summed E-state index contributed by atoms with van der Waals surface area (Å²) in [5.41, 5.74) is 7.87. The first-order valence-corrected chi connectivity index (χ1v) is 7.73. The smallest absolute Gasteiger partial charge is 0.0559 e. The van der Waals surface area contributed by atoms with Gasteiger partial charge in [0.15, 0.2) is 0 Å². The van der Waals surface area contributed by atoms with Crippen LogP contribution in [-0.2, 0) is 6.54 Å². The lowest BCUT2D eigenvalue weighted by atomic mass is 9.54. The summed E-state index contributed by atoms with van der Waals surface area (Å²) in [5.74, 6) is 3.90. The molecule has 0 aliphatic heterocycles. The molecule has 0 aromatic carbocycles. The molecule has 19 heavy (non-hydrogen) atoms. The van der Waals surface area contributed by atoms with Gasteiger partial charge in [-0.3, -0.25) is 4.98 Å². The number of rotatable bonds is 3. The summed E-state index contributed by atoms with van der Waals surface area (Å²) in [5, 5.41) is 3.80. The van der Waals surface area contributed by atoms with Crippen molar-refractivity contribution in [3.8, 4) is 0 Å². The van der Waals surface area contributed by atoms with Gasteiger partial charge in [-0.1, -0.05) is 0 Å². The Kier molecular flexibility index (Phi) is 2.76. The van der Waals surface area contributed by atoms with Crippen LogP contribution in [0.1, 0.15) is 37.8 Å². The van der Waals surface area contributed by atoms with Gasteiger partial charge in [-0.25, -0.2) is 0 Å². The molecule has 1 aromatic heterocycles. The molecule has 0 saturated heterocycles. The Balaban J connectivity index is 1.53. The van der Waals surface area contributed by atoms with Gasteiger partial charge < -0.3 is 11.1 Å². The standard InChI is InChI=1S/C16H23N3/c17-9-15-8-14(1-2-18-15)19-16-12-4-10-3-11(6-12)7-13(16)5-10/h1-2,8,10-13,16H,3-7,9,17H2,(H,18,19). The number of pyridine rings is 1. The molecule has 0 amide bonds. The first-order valence-electron chi connectivity index (χ1n) is 7.73. The van der Waals surface area contributed by atoms with Gasteiger partial charge in [0.25, 0.3) is 0 Å². The zero-order valence-electron chi connectivity index (χ0n) is 11.4. The topological polar surface area (TPSA) is 50.9 Å². The molecule has 3 heteroatoms. The average molecular weight is 257 g/mol. The van der Waals surface area contributed by atoms with E-state index in [-0.39, 0.29) is 0 Å². The van der Waals surface area contributed by atoms with Gasteiger partial charge in [-0.15, -0.1) is 0 Å². The summed E-state index contributed by atoms with van der Waals surface area (Å²) in [6.45, 7) is 0.525. The maximum atomic E-state index is 5.68. The molecular formula is C16H23N3. The second kappa shape index (κ2) is 4.48. The number of aromatic nitrogens is 1. The third kappa shape index (κ3) is 2.04. The van der Waals surface area contributed by atoms with Gasteiger partial charge in [0.1, 0.15) is 0 Å². The van der Waals surface area contributed by atoms with E-state index in [1.165, 1.54) is 37.8 Å².